The molecule has 0 aliphatic carbocycles. The number of nitrogens with zero attached hydrogens (tertiary/aromatic N) is 2. The van der Waals surface area contributed by atoms with Crippen LogP contribution in [0.4, 0.5) is 5.69 Å². The molecule has 1 heterocycles. The summed E-state index contributed by atoms with van der Waals surface area (Å²) in [5.41, 5.74) is 1.70. The minimum Gasteiger partial charge on any atom is -0.482 e. The highest BCUT2D eigenvalue weighted by Gasteiger charge is 2.27. The van der Waals surface area contributed by atoms with Crippen LogP contribution in [0.15, 0.2) is 54.6 Å². The minimum absolute atomic E-state index is 0.0164. The summed E-state index contributed by atoms with van der Waals surface area (Å²) in [6.45, 7) is 0.495. The fourth-order valence-electron chi connectivity index (χ4n) is 2.53. The molecule has 1 aliphatic heterocycles. The van der Waals surface area contributed by atoms with Gasteiger partial charge in [-0.05, 0) is 17.7 Å². The van der Waals surface area contributed by atoms with Crippen LogP contribution in [0, 0.1) is 0 Å². The molecule has 0 radical (unpaired) electrons. The second kappa shape index (κ2) is 6.52. The zero-order valence-corrected chi connectivity index (χ0v) is 12.9. The smallest absolute Gasteiger partial charge is 0.265 e. The van der Waals surface area contributed by atoms with Gasteiger partial charge in [0.25, 0.3) is 5.91 Å². The predicted molar refractivity (Wildman–Crippen MR) is 87.2 cm³/mol. The summed E-state index contributed by atoms with van der Waals surface area (Å²) >= 11 is 0. The molecule has 1 aliphatic rings. The molecule has 0 N–H and O–H groups in total. The maximum atomic E-state index is 12.5. The first-order valence-electron chi connectivity index (χ1n) is 7.45. The topological polar surface area (TPSA) is 49.9 Å². The molecule has 0 unspecified atom stereocenters. The number of anilines is 1. The summed E-state index contributed by atoms with van der Waals surface area (Å²) in [5.74, 6) is 0.315. The number of ether oxygens (including phenoxy) is 1. The van der Waals surface area contributed by atoms with E-state index in [1.807, 2.05) is 42.5 Å². The Morgan fingerprint density at radius 2 is 1.83 bits per heavy atom. The Balaban J connectivity index is 1.71. The van der Waals surface area contributed by atoms with Crippen molar-refractivity contribution >= 4 is 17.5 Å². The lowest BCUT2D eigenvalue weighted by Crippen LogP contribution is -2.45. The number of carbonyl (C=O) groups is 2. The Bertz CT molecular complexity index is 715. The second-order valence-corrected chi connectivity index (χ2v) is 5.47. The van der Waals surface area contributed by atoms with Gasteiger partial charge in [0.2, 0.25) is 5.91 Å². The number of hydrogen-bond donors (Lipinski definition) is 0. The molecule has 0 spiro atoms. The van der Waals surface area contributed by atoms with Crippen molar-refractivity contribution in [2.24, 2.45) is 0 Å². The van der Waals surface area contributed by atoms with Gasteiger partial charge >= 0.3 is 0 Å². The van der Waals surface area contributed by atoms with Crippen molar-refractivity contribution in [2.75, 3.05) is 25.1 Å². The summed E-state index contributed by atoms with van der Waals surface area (Å²) in [4.78, 5) is 27.7. The summed E-state index contributed by atoms with van der Waals surface area (Å²) in [7, 11) is 1.74. The van der Waals surface area contributed by atoms with Crippen LogP contribution in [-0.4, -0.2) is 36.9 Å². The second-order valence-electron chi connectivity index (χ2n) is 5.47. The highest BCUT2D eigenvalue weighted by molar-refractivity contribution is 6.02. The highest BCUT2D eigenvalue weighted by atomic mass is 16.5. The van der Waals surface area contributed by atoms with Crippen LogP contribution < -0.4 is 9.64 Å². The van der Waals surface area contributed by atoms with E-state index in [1.54, 1.807) is 24.1 Å². The van der Waals surface area contributed by atoms with E-state index in [-0.39, 0.29) is 25.0 Å². The molecule has 5 nitrogen and oxygen atoms in total. The number of para-hydroxylation sites is 2. The summed E-state index contributed by atoms with van der Waals surface area (Å²) in [6.07, 6.45) is 0. The molecule has 5 heteroatoms. The van der Waals surface area contributed by atoms with Crippen LogP contribution in [0.2, 0.25) is 0 Å². The van der Waals surface area contributed by atoms with E-state index in [1.165, 1.54) is 4.90 Å². The number of amides is 2. The van der Waals surface area contributed by atoms with Crippen LogP contribution in [0.5, 0.6) is 5.75 Å². The van der Waals surface area contributed by atoms with Gasteiger partial charge in [0.1, 0.15) is 12.3 Å². The molecule has 118 valence electrons. The molecule has 2 aromatic carbocycles. The quantitative estimate of drug-likeness (QED) is 0.868. The van der Waals surface area contributed by atoms with Crippen molar-refractivity contribution in [1.29, 1.82) is 0 Å². The molecule has 0 aromatic heterocycles. The largest absolute Gasteiger partial charge is 0.482 e. The van der Waals surface area contributed by atoms with Crippen LogP contribution >= 0.6 is 0 Å². The number of carbonyl (C=O) groups excluding carboxylic acids is 2. The van der Waals surface area contributed by atoms with Crippen molar-refractivity contribution in [1.82, 2.24) is 4.90 Å². The zero-order valence-electron chi connectivity index (χ0n) is 12.9. The lowest BCUT2D eigenvalue weighted by Gasteiger charge is -2.30. The maximum Gasteiger partial charge on any atom is 0.265 e. The van der Waals surface area contributed by atoms with Gasteiger partial charge in [-0.15, -0.1) is 0 Å². The van der Waals surface area contributed by atoms with Gasteiger partial charge < -0.3 is 9.64 Å². The van der Waals surface area contributed by atoms with E-state index in [0.29, 0.717) is 18.0 Å². The SMILES string of the molecule is CN(Cc1ccccc1)C(=O)CN1C(=O)COc2ccccc21. The van der Waals surface area contributed by atoms with Gasteiger partial charge in [0.05, 0.1) is 5.69 Å². The molecule has 2 amide bonds. The standard InChI is InChI=1S/C18H18N2O3/c1-19(11-14-7-3-2-4-8-14)17(21)12-20-15-9-5-6-10-16(15)23-13-18(20)22/h2-10H,11-13H2,1H3. The Morgan fingerprint density at radius 3 is 2.61 bits per heavy atom. The molecule has 0 saturated heterocycles. The summed E-state index contributed by atoms with van der Waals surface area (Å²) in [6, 6.07) is 17.0. The van der Waals surface area contributed by atoms with Crippen LogP contribution in [0.1, 0.15) is 5.56 Å². The number of rotatable bonds is 4. The molecule has 3 rings (SSSR count). The van der Waals surface area contributed by atoms with Gasteiger partial charge in [-0.3, -0.25) is 14.5 Å². The van der Waals surface area contributed by atoms with Gasteiger partial charge in [-0.1, -0.05) is 42.5 Å². The van der Waals surface area contributed by atoms with Gasteiger partial charge in [0.15, 0.2) is 6.61 Å². The molecular formula is C18H18N2O3. The van der Waals surface area contributed by atoms with Crippen molar-refractivity contribution in [3.8, 4) is 5.75 Å². The average molecular weight is 310 g/mol. The monoisotopic (exact) mass is 310 g/mol. The van der Waals surface area contributed by atoms with Crippen molar-refractivity contribution in [3.63, 3.8) is 0 Å². The van der Waals surface area contributed by atoms with E-state index < -0.39 is 0 Å². The molecule has 23 heavy (non-hydrogen) atoms. The molecule has 0 atom stereocenters. The predicted octanol–water partition coefficient (Wildman–Crippen LogP) is 2.07. The lowest BCUT2D eigenvalue weighted by molar-refractivity contribution is -0.131. The third-order valence-electron chi connectivity index (χ3n) is 3.79. The zero-order chi connectivity index (χ0) is 16.2. The fraction of sp³-hybridized carbons (Fsp3) is 0.222. The van der Waals surface area contributed by atoms with E-state index in [4.69, 9.17) is 4.74 Å². The number of benzene rings is 2. The Kier molecular flexibility index (Phi) is 4.28. The van der Waals surface area contributed by atoms with E-state index in [9.17, 15) is 9.59 Å². The molecule has 0 fully saturated rings. The Morgan fingerprint density at radius 1 is 1.13 bits per heavy atom. The van der Waals surface area contributed by atoms with E-state index >= 15 is 0 Å². The first-order chi connectivity index (χ1) is 11.1. The summed E-state index contributed by atoms with van der Waals surface area (Å²) in [5, 5.41) is 0. The van der Waals surface area contributed by atoms with E-state index in [2.05, 4.69) is 0 Å². The molecular weight excluding hydrogens is 292 g/mol. The first kappa shape index (κ1) is 15.1. The van der Waals surface area contributed by atoms with Gasteiger partial charge in [0, 0.05) is 13.6 Å². The van der Waals surface area contributed by atoms with Crippen molar-refractivity contribution in [3.05, 3.63) is 60.2 Å². The van der Waals surface area contributed by atoms with Crippen LogP contribution in [-0.2, 0) is 16.1 Å². The Hall–Kier alpha value is -2.82. The fourth-order valence-corrected chi connectivity index (χ4v) is 2.53. The minimum atomic E-state index is -0.204. The normalized spacial score (nSPS) is 13.3. The number of hydrogen-bond acceptors (Lipinski definition) is 3. The maximum absolute atomic E-state index is 12.5. The molecule has 0 bridgehead atoms. The summed E-state index contributed by atoms with van der Waals surface area (Å²) < 4.78 is 5.39. The van der Waals surface area contributed by atoms with Gasteiger partial charge in [-0.25, -0.2) is 0 Å². The van der Waals surface area contributed by atoms with E-state index in [0.717, 1.165) is 5.56 Å². The van der Waals surface area contributed by atoms with Crippen LogP contribution in [0.25, 0.3) is 0 Å². The third kappa shape index (κ3) is 3.34. The molecule has 0 saturated carbocycles. The van der Waals surface area contributed by atoms with Crippen molar-refractivity contribution < 1.29 is 14.3 Å². The average Bonchev–Trinajstić information content (AvgIpc) is 2.58. The number of likely N-dealkylation sites (N-methyl/N-ethyl adjacent to an activating group) is 1. The highest BCUT2D eigenvalue weighted by Crippen LogP contribution is 2.31. The van der Waals surface area contributed by atoms with Crippen LogP contribution in [0.3, 0.4) is 0 Å². The molecule has 2 aromatic rings. The Labute approximate surface area is 135 Å². The third-order valence-corrected chi connectivity index (χ3v) is 3.79. The first-order valence-corrected chi connectivity index (χ1v) is 7.45. The van der Waals surface area contributed by atoms with Gasteiger partial charge in [-0.2, -0.15) is 0 Å². The number of fused-ring (bicyclic) bond motifs is 1. The van der Waals surface area contributed by atoms with Crippen molar-refractivity contribution in [2.45, 2.75) is 6.54 Å². The lowest BCUT2D eigenvalue weighted by atomic mass is 10.2.